The summed E-state index contributed by atoms with van der Waals surface area (Å²) in [6.07, 6.45) is -2.89. The Labute approximate surface area is 510 Å². The number of Topliss-reactive ketones (excluding diaryl/α,β-unsaturated/α-hetero) is 3. The van der Waals surface area contributed by atoms with Gasteiger partial charge in [0.1, 0.15) is 34.7 Å². The number of hydrogen-bond acceptors (Lipinski definition) is 19. The van der Waals surface area contributed by atoms with Crippen LogP contribution in [-0.2, 0) is 80.5 Å². The average molecular weight is 1260 g/mol. The molecule has 0 aliphatic carbocycles. The molecule has 0 radical (unpaired) electrons. The molecule has 27 nitrogen and oxygen atoms in total. The number of ether oxygens (including phenoxy) is 1. The van der Waals surface area contributed by atoms with Crippen molar-refractivity contribution in [2.45, 2.75) is 151 Å². The zero-order chi connectivity index (χ0) is 63.6. The zero-order valence-corrected chi connectivity index (χ0v) is 51.4. The first-order chi connectivity index (χ1) is 41.3. The highest BCUT2D eigenvalue weighted by Gasteiger charge is 2.45. The van der Waals surface area contributed by atoms with Gasteiger partial charge in [0.15, 0.2) is 11.6 Å². The summed E-state index contributed by atoms with van der Waals surface area (Å²) in [5.74, 6) is -13.2. The number of aliphatic hydroxyl groups is 3. The van der Waals surface area contributed by atoms with Crippen molar-refractivity contribution >= 4 is 104 Å². The van der Waals surface area contributed by atoms with Crippen molar-refractivity contribution < 1.29 is 81.8 Å². The molecule has 87 heavy (non-hydrogen) atoms. The number of nitrogens with zero attached hydrogens (tertiary/aromatic N) is 3. The number of carbonyl (C=O) groups excluding carboxylic acids is 12. The number of thioether (sulfide) groups is 1. The molecule has 9 amide bonds. The topological polar surface area (TPSA) is 404 Å². The van der Waals surface area contributed by atoms with Crippen LogP contribution < -0.4 is 37.1 Å². The molecule has 6 heterocycles. The zero-order valence-electron chi connectivity index (χ0n) is 49.7. The first kappa shape index (κ1) is 67.8. The van der Waals surface area contributed by atoms with Crippen LogP contribution in [0.2, 0.25) is 0 Å². The summed E-state index contributed by atoms with van der Waals surface area (Å²) in [5, 5.41) is 45.0. The maximum atomic E-state index is 15.4. The van der Waals surface area contributed by atoms with E-state index in [1.807, 2.05) is 4.90 Å². The smallest absolute Gasteiger partial charge is 0.246 e. The summed E-state index contributed by atoms with van der Waals surface area (Å²) in [7, 11) is -0.958. The molecule has 2 unspecified atom stereocenters. The van der Waals surface area contributed by atoms with Gasteiger partial charge in [-0.15, -0.1) is 0 Å². The second kappa shape index (κ2) is 30.5. The van der Waals surface area contributed by atoms with Gasteiger partial charge in [-0.1, -0.05) is 40.5 Å². The van der Waals surface area contributed by atoms with E-state index < -0.39 is 181 Å². The van der Waals surface area contributed by atoms with Gasteiger partial charge in [0.2, 0.25) is 53.2 Å². The van der Waals surface area contributed by atoms with Crippen molar-refractivity contribution in [3.05, 3.63) is 23.3 Å². The highest BCUT2D eigenvalue weighted by Crippen LogP contribution is 2.39. The number of H-pyrrole nitrogens is 1. The number of rotatable bonds is 19. The molecule has 1 aromatic heterocycles. The molecule has 7 rings (SSSR count). The number of nitrogens with two attached hydrogens (primary N) is 1. The Morgan fingerprint density at radius 2 is 1.60 bits per heavy atom. The minimum Gasteiger partial charge on any atom is -0.496 e. The monoisotopic (exact) mass is 1250 g/mol. The van der Waals surface area contributed by atoms with E-state index in [0.29, 0.717) is 74.0 Å². The molecule has 12 atom stereocenters. The molecule has 5 aliphatic heterocycles. The Morgan fingerprint density at radius 3 is 2.26 bits per heavy atom. The fourth-order valence-corrected chi connectivity index (χ4v) is 14.6. The summed E-state index contributed by atoms with van der Waals surface area (Å²) >= 11 is 1.55. The molecule has 478 valence electrons. The van der Waals surface area contributed by atoms with Crippen molar-refractivity contribution in [1.29, 1.82) is 0 Å². The van der Waals surface area contributed by atoms with Crippen molar-refractivity contribution in [3.8, 4) is 5.75 Å². The second-order valence-corrected chi connectivity index (χ2v) is 26.4. The van der Waals surface area contributed by atoms with Crippen molar-refractivity contribution in [2.24, 2.45) is 35.3 Å². The first-order valence-electron chi connectivity index (χ1n) is 29.7. The quantitative estimate of drug-likeness (QED) is 0.0537. The van der Waals surface area contributed by atoms with E-state index in [4.69, 9.17) is 10.5 Å². The van der Waals surface area contributed by atoms with Crippen LogP contribution in [0.15, 0.2) is 17.2 Å². The van der Waals surface area contributed by atoms with Crippen LogP contribution in [0.3, 0.4) is 0 Å². The number of primary amides is 1. The van der Waals surface area contributed by atoms with Crippen LogP contribution in [0.25, 0.3) is 10.9 Å². The Balaban J connectivity index is 1.26. The van der Waals surface area contributed by atoms with Crippen LogP contribution in [0.5, 0.6) is 5.75 Å². The number of amides is 9. The number of nitrogens with one attached hydrogen (secondary N) is 6. The standard InChI is InChI=1S/C58H82N10O17S2/c1-6-29(2)38-17-34(71)20-60-52(78)32-15-39-37-11-12-46(85-5)40(27-86-36-24-66(25-36)22-33(70)10-8-7-9-13-67-49(77)14-30(3)57(67)82)51(37)65-56(39)87(84)28-42(62-48(76)21-61-53(38)79)54(80)63-41(19-47(59)75)58(83)68-23-35(72)18-43(68)55(81)64-50(44(73)16-32)31(4)45(74)26-69/h11-12,29-32,35-36,38,41-43,45,50,65,69,72,74H,6-10,13-28H2,1-5H3,(H2,59,75)(H,60,78)(H,61,79)(H,62,76)(H,63,80)(H,64,81)/t29-,30?,31-,32+,35+,38-,41-,42-,43-,45-,50-,87?/m0/s1. The number of hydrogen-bond donors (Lipinski definition) is 10. The number of carbonyl (C=O) groups is 12. The fraction of sp³-hybridized carbons (Fsp3) is 0.655. The van der Waals surface area contributed by atoms with Crippen molar-refractivity contribution in [3.63, 3.8) is 0 Å². The fourth-order valence-electron chi connectivity index (χ4n) is 11.8. The van der Waals surface area contributed by atoms with Crippen LogP contribution in [0.4, 0.5) is 0 Å². The second-order valence-electron chi connectivity index (χ2n) is 23.7. The van der Waals surface area contributed by atoms with Gasteiger partial charge in [0.05, 0.1) is 80.1 Å². The van der Waals surface area contributed by atoms with E-state index in [1.165, 1.54) is 18.9 Å². The summed E-state index contributed by atoms with van der Waals surface area (Å²) in [4.78, 5) is 173. The number of unbranched alkanes of at least 4 members (excludes halogenated alkanes) is 2. The Morgan fingerprint density at radius 1 is 0.874 bits per heavy atom. The number of methoxy groups -OCH3 is 1. The lowest BCUT2D eigenvalue weighted by Gasteiger charge is -2.38. The Kier molecular flexibility index (Phi) is 23.8. The van der Waals surface area contributed by atoms with Gasteiger partial charge in [-0.25, -0.2) is 0 Å². The predicted octanol–water partition coefficient (Wildman–Crippen LogP) is -1.99. The molecule has 0 saturated carbocycles. The van der Waals surface area contributed by atoms with E-state index in [-0.39, 0.29) is 64.5 Å². The molecule has 2 aromatic rings. The number of fused-ring (bicyclic) bond motifs is 5. The maximum Gasteiger partial charge on any atom is 0.246 e. The van der Waals surface area contributed by atoms with Crippen molar-refractivity contribution in [2.75, 3.05) is 65.3 Å². The van der Waals surface area contributed by atoms with Gasteiger partial charge in [-0.2, -0.15) is 11.8 Å². The molecular formula is C58H82N10O17S2. The predicted molar refractivity (Wildman–Crippen MR) is 315 cm³/mol. The summed E-state index contributed by atoms with van der Waals surface area (Å²) in [6, 6.07) is -3.64. The number of ketones is 3. The van der Waals surface area contributed by atoms with E-state index in [1.54, 1.807) is 44.7 Å². The highest BCUT2D eigenvalue weighted by atomic mass is 32.2. The molecular weight excluding hydrogens is 1170 g/mol. The lowest BCUT2D eigenvalue weighted by molar-refractivity contribution is -0.144. The third-order valence-corrected chi connectivity index (χ3v) is 19.9. The summed E-state index contributed by atoms with van der Waals surface area (Å²) < 4.78 is 21.2. The molecule has 0 spiro atoms. The Hall–Kier alpha value is -6.66. The SMILES string of the molecule is CC[C@H](C)[C@@H]1CC(=O)CNC(=O)[C@H]2CC(=O)[C@H]([C@@H](C)[C@@H](O)CO)NC(=O)[C@@H]3C[C@@H](O)CN3C(=O)[C@H](CC(N)=O)NC(=O)[C@H](CS(=O)c3[nH]c4c(CSC5CN(CC(=O)CCCCCN6C(=O)CC(C)C6=O)C5)c(OC)ccc4c3C2)NC(=O)CNC1=O. The minimum absolute atomic E-state index is 0.0487. The van der Waals surface area contributed by atoms with Crippen LogP contribution in [0.1, 0.15) is 103 Å². The number of benzene rings is 1. The molecule has 3 saturated heterocycles. The van der Waals surface area contributed by atoms with Crippen LogP contribution in [0, 0.1) is 29.6 Å². The van der Waals surface area contributed by atoms with Gasteiger partial charge in [-0.05, 0) is 42.9 Å². The molecule has 29 heteroatoms. The summed E-state index contributed by atoms with van der Waals surface area (Å²) in [6.45, 7) is 5.57. The molecule has 3 fully saturated rings. The van der Waals surface area contributed by atoms with Gasteiger partial charge >= 0.3 is 0 Å². The van der Waals surface area contributed by atoms with E-state index in [2.05, 4.69) is 31.6 Å². The van der Waals surface area contributed by atoms with E-state index in [9.17, 15) is 68.1 Å². The highest BCUT2D eigenvalue weighted by molar-refractivity contribution is 7.99. The van der Waals surface area contributed by atoms with Crippen molar-refractivity contribution in [1.82, 2.24) is 46.3 Å². The lowest BCUT2D eigenvalue weighted by Crippen LogP contribution is -2.60. The number of imide groups is 1. The normalized spacial score (nSPS) is 27.3. The van der Waals surface area contributed by atoms with Gasteiger partial charge < -0.3 is 62.3 Å². The third kappa shape index (κ3) is 16.9. The number of likely N-dealkylation sites (tertiary alicyclic amines) is 2. The largest absolute Gasteiger partial charge is 0.496 e. The Bertz CT molecular complexity index is 3010. The first-order valence-corrected chi connectivity index (χ1v) is 32.0. The molecule has 5 aliphatic rings. The number of aromatic amines is 1. The van der Waals surface area contributed by atoms with Gasteiger partial charge in [-0.3, -0.25) is 71.5 Å². The molecule has 1 aromatic carbocycles. The minimum atomic E-state index is -2.41. The maximum absolute atomic E-state index is 15.4. The molecule has 2 bridgehead atoms. The lowest BCUT2D eigenvalue weighted by atomic mass is 9.85. The average Bonchev–Trinajstić information content (AvgIpc) is 1.82. The van der Waals surface area contributed by atoms with Crippen LogP contribution >= 0.6 is 11.8 Å². The van der Waals surface area contributed by atoms with E-state index >= 15 is 9.00 Å². The molecule has 11 N–H and O–H groups in total. The third-order valence-electron chi connectivity index (χ3n) is 17.2. The van der Waals surface area contributed by atoms with E-state index in [0.717, 1.165) is 4.90 Å². The van der Waals surface area contributed by atoms with Crippen LogP contribution in [-0.4, -0.2) is 217 Å². The van der Waals surface area contributed by atoms with Gasteiger partial charge in [0, 0.05) is 104 Å². The number of aliphatic hydroxyl groups excluding tert-OH is 3. The summed E-state index contributed by atoms with van der Waals surface area (Å²) in [5.41, 5.74) is 6.75. The number of aromatic nitrogens is 1. The van der Waals surface area contributed by atoms with Gasteiger partial charge in [0.25, 0.3) is 0 Å².